The van der Waals surface area contributed by atoms with Gasteiger partial charge in [0.15, 0.2) is 0 Å². The second kappa shape index (κ2) is 8.03. The van der Waals surface area contributed by atoms with E-state index in [-0.39, 0.29) is 5.56 Å². The van der Waals surface area contributed by atoms with Gasteiger partial charge in [0.1, 0.15) is 18.0 Å². The number of halogens is 1. The van der Waals surface area contributed by atoms with Crippen molar-refractivity contribution in [1.29, 1.82) is 10.5 Å². The Morgan fingerprint density at radius 3 is 2.11 bits per heavy atom. The van der Waals surface area contributed by atoms with Crippen LogP contribution in [-0.2, 0) is 0 Å². The van der Waals surface area contributed by atoms with Crippen molar-refractivity contribution in [3.8, 4) is 12.1 Å². The van der Waals surface area contributed by atoms with Crippen LogP contribution in [0.4, 0.5) is 10.1 Å². The largest absolute Gasteiger partial charge is 0.381 e. The van der Waals surface area contributed by atoms with E-state index < -0.39 is 5.82 Å². The monoisotopic (exact) mass is 375 g/mol. The molecule has 2 aromatic carbocycles. The molecule has 144 valence electrons. The van der Waals surface area contributed by atoms with Gasteiger partial charge >= 0.3 is 0 Å². The number of nitrogens with one attached hydrogen (secondary N) is 1. The summed E-state index contributed by atoms with van der Waals surface area (Å²) < 4.78 is 12.4. The SMILES string of the molecule is C[C@@H]1[C@@H](Nc2ccccc2C#N)C[C@@H]2C[C@H]1C2(C)C.N#Cc1ccccc1F. The highest BCUT2D eigenvalue weighted by atomic mass is 19.1. The first-order valence-corrected chi connectivity index (χ1v) is 9.78. The summed E-state index contributed by atoms with van der Waals surface area (Å²) in [6, 6.07) is 18.2. The lowest BCUT2D eigenvalue weighted by molar-refractivity contribution is -0.105. The normalized spacial score (nSPS) is 26.5. The van der Waals surface area contributed by atoms with Crippen LogP contribution in [0.2, 0.25) is 0 Å². The van der Waals surface area contributed by atoms with Crippen molar-refractivity contribution in [2.75, 3.05) is 5.32 Å². The smallest absolute Gasteiger partial charge is 0.140 e. The number of para-hydroxylation sites is 1. The molecule has 3 saturated carbocycles. The third kappa shape index (κ3) is 3.73. The maximum absolute atomic E-state index is 12.4. The fourth-order valence-electron chi connectivity index (χ4n) is 4.80. The van der Waals surface area contributed by atoms with Crippen LogP contribution in [0.1, 0.15) is 44.7 Å². The van der Waals surface area contributed by atoms with E-state index in [1.807, 2.05) is 24.3 Å². The molecule has 0 radical (unpaired) electrons. The van der Waals surface area contributed by atoms with E-state index in [2.05, 4.69) is 32.2 Å². The van der Waals surface area contributed by atoms with Crippen LogP contribution >= 0.6 is 0 Å². The van der Waals surface area contributed by atoms with E-state index in [0.717, 1.165) is 23.1 Å². The lowest BCUT2D eigenvalue weighted by atomic mass is 9.45. The Bertz CT molecular complexity index is 922. The standard InChI is InChI=1S/C17H22N2.C7H4FN/c1-11-14-8-13(17(14,2)3)9-16(11)19-15-7-5-4-6-12(15)10-18;8-7-4-2-1-3-6(7)5-9/h4-7,11,13-14,16,19H,8-9H2,1-3H3;1-4H/t11-,13-,14+,16-;/m0./s1. The molecule has 3 aliphatic rings. The molecule has 0 amide bonds. The molecule has 4 heteroatoms. The maximum Gasteiger partial charge on any atom is 0.140 e. The zero-order valence-electron chi connectivity index (χ0n) is 16.6. The third-order valence-corrected chi connectivity index (χ3v) is 6.74. The summed E-state index contributed by atoms with van der Waals surface area (Å²) in [5, 5.41) is 21.0. The summed E-state index contributed by atoms with van der Waals surface area (Å²) in [6.07, 6.45) is 2.64. The first kappa shape index (κ1) is 19.9. The van der Waals surface area contributed by atoms with E-state index in [4.69, 9.17) is 10.5 Å². The Morgan fingerprint density at radius 1 is 0.964 bits per heavy atom. The summed E-state index contributed by atoms with van der Waals surface area (Å²) >= 11 is 0. The summed E-state index contributed by atoms with van der Waals surface area (Å²) in [5.74, 6) is 1.91. The topological polar surface area (TPSA) is 59.6 Å². The van der Waals surface area contributed by atoms with Crippen molar-refractivity contribution in [2.24, 2.45) is 23.2 Å². The molecule has 0 saturated heterocycles. The van der Waals surface area contributed by atoms with Crippen LogP contribution in [0.25, 0.3) is 0 Å². The van der Waals surface area contributed by atoms with Crippen molar-refractivity contribution in [3.05, 3.63) is 65.5 Å². The number of nitrogens with zero attached hydrogens (tertiary/aromatic N) is 2. The molecule has 5 rings (SSSR count). The number of nitriles is 2. The first-order valence-electron chi connectivity index (χ1n) is 9.78. The maximum atomic E-state index is 12.4. The highest BCUT2D eigenvalue weighted by Crippen LogP contribution is 2.61. The molecule has 0 aliphatic heterocycles. The minimum absolute atomic E-state index is 0.0949. The van der Waals surface area contributed by atoms with Gasteiger partial charge in [0.2, 0.25) is 0 Å². The quantitative estimate of drug-likeness (QED) is 0.728. The van der Waals surface area contributed by atoms with Gasteiger partial charge < -0.3 is 5.32 Å². The van der Waals surface area contributed by atoms with E-state index in [0.29, 0.717) is 17.4 Å². The van der Waals surface area contributed by atoms with Crippen LogP contribution in [0, 0.1) is 51.6 Å². The van der Waals surface area contributed by atoms with Crippen LogP contribution in [0.15, 0.2) is 48.5 Å². The van der Waals surface area contributed by atoms with E-state index in [9.17, 15) is 4.39 Å². The Labute approximate surface area is 166 Å². The molecule has 0 aromatic heterocycles. The highest BCUT2D eigenvalue weighted by Gasteiger charge is 2.56. The Balaban J connectivity index is 0.000000211. The Morgan fingerprint density at radius 2 is 1.57 bits per heavy atom. The number of fused-ring (bicyclic) bond motifs is 2. The molecule has 0 spiro atoms. The molecule has 2 bridgehead atoms. The van der Waals surface area contributed by atoms with Gasteiger partial charge in [-0.1, -0.05) is 45.0 Å². The molecule has 2 aromatic rings. The van der Waals surface area contributed by atoms with Gasteiger partial charge in [0, 0.05) is 6.04 Å². The van der Waals surface area contributed by atoms with Gasteiger partial charge in [0.05, 0.1) is 16.8 Å². The van der Waals surface area contributed by atoms with Gasteiger partial charge in [-0.15, -0.1) is 0 Å². The molecule has 0 heterocycles. The van der Waals surface area contributed by atoms with E-state index in [1.54, 1.807) is 18.2 Å². The summed E-state index contributed by atoms with van der Waals surface area (Å²) in [4.78, 5) is 0. The summed E-state index contributed by atoms with van der Waals surface area (Å²) in [5.41, 5.74) is 2.37. The fourth-order valence-corrected chi connectivity index (χ4v) is 4.80. The van der Waals surface area contributed by atoms with Crippen LogP contribution in [0.5, 0.6) is 0 Å². The van der Waals surface area contributed by atoms with Gasteiger partial charge in [-0.25, -0.2) is 4.39 Å². The van der Waals surface area contributed by atoms with Gasteiger partial charge in [0.25, 0.3) is 0 Å². The lowest BCUT2D eigenvalue weighted by Crippen LogP contribution is -2.58. The fraction of sp³-hybridized carbons (Fsp3) is 0.417. The van der Waals surface area contributed by atoms with Crippen LogP contribution in [-0.4, -0.2) is 6.04 Å². The minimum atomic E-state index is -0.458. The Hall–Kier alpha value is -2.85. The van der Waals surface area contributed by atoms with E-state index >= 15 is 0 Å². The van der Waals surface area contributed by atoms with Crippen molar-refractivity contribution in [1.82, 2.24) is 0 Å². The van der Waals surface area contributed by atoms with Crippen molar-refractivity contribution in [2.45, 2.75) is 39.7 Å². The zero-order chi connectivity index (χ0) is 20.3. The predicted octanol–water partition coefficient (Wildman–Crippen LogP) is 5.74. The number of anilines is 1. The van der Waals surface area contributed by atoms with Crippen molar-refractivity contribution < 1.29 is 4.39 Å². The third-order valence-electron chi connectivity index (χ3n) is 6.74. The molecule has 3 fully saturated rings. The lowest BCUT2D eigenvalue weighted by Gasteiger charge is -2.62. The molecule has 28 heavy (non-hydrogen) atoms. The molecule has 1 N–H and O–H groups in total. The van der Waals surface area contributed by atoms with Crippen molar-refractivity contribution >= 4 is 5.69 Å². The van der Waals surface area contributed by atoms with Crippen LogP contribution < -0.4 is 5.32 Å². The second-order valence-corrected chi connectivity index (χ2v) is 8.46. The molecule has 0 unspecified atom stereocenters. The van der Waals surface area contributed by atoms with Crippen molar-refractivity contribution in [3.63, 3.8) is 0 Å². The van der Waals surface area contributed by atoms with Gasteiger partial charge in [-0.2, -0.15) is 10.5 Å². The van der Waals surface area contributed by atoms with E-state index in [1.165, 1.54) is 25.0 Å². The second-order valence-electron chi connectivity index (χ2n) is 8.46. The molecule has 4 atom stereocenters. The average molecular weight is 375 g/mol. The highest BCUT2D eigenvalue weighted by molar-refractivity contribution is 5.57. The number of benzene rings is 2. The van der Waals surface area contributed by atoms with Gasteiger partial charge in [-0.05, 0) is 60.3 Å². The zero-order valence-corrected chi connectivity index (χ0v) is 16.6. The molecule has 3 nitrogen and oxygen atoms in total. The van der Waals surface area contributed by atoms with Crippen LogP contribution in [0.3, 0.4) is 0 Å². The number of hydrogen-bond donors (Lipinski definition) is 1. The molecule has 3 aliphatic carbocycles. The average Bonchev–Trinajstić information content (AvgIpc) is 2.70. The number of hydrogen-bond acceptors (Lipinski definition) is 3. The Kier molecular flexibility index (Phi) is 5.71. The first-order chi connectivity index (χ1) is 13.4. The molecular weight excluding hydrogens is 349 g/mol. The number of rotatable bonds is 2. The predicted molar refractivity (Wildman–Crippen MR) is 109 cm³/mol. The summed E-state index contributed by atoms with van der Waals surface area (Å²) in [7, 11) is 0. The minimum Gasteiger partial charge on any atom is -0.381 e. The molecular formula is C24H26FN3. The van der Waals surface area contributed by atoms with Gasteiger partial charge in [-0.3, -0.25) is 0 Å². The summed E-state index contributed by atoms with van der Waals surface area (Å²) in [6.45, 7) is 7.21.